The second-order valence-electron chi connectivity index (χ2n) is 4.02. The third-order valence-corrected chi connectivity index (χ3v) is 2.67. The van der Waals surface area contributed by atoms with E-state index in [0.717, 1.165) is 17.8 Å². The van der Waals surface area contributed by atoms with Crippen LogP contribution in [0.2, 0.25) is 0 Å². The number of Topliss-reactive ketones (excluding diaryl/α,β-unsaturated/α-hetero) is 1. The van der Waals surface area contributed by atoms with Gasteiger partial charge in [0.25, 0.3) is 0 Å². The number of carbonyl (C=O) groups excluding carboxylic acids is 1. The molecule has 0 amide bonds. The Labute approximate surface area is 84.3 Å². The summed E-state index contributed by atoms with van der Waals surface area (Å²) in [6, 6.07) is 6.05. The monoisotopic (exact) mass is 189 g/mol. The first kappa shape index (κ1) is 9.25. The van der Waals surface area contributed by atoms with Crippen LogP contribution < -0.4 is 5.32 Å². The molecule has 1 aliphatic heterocycles. The van der Waals surface area contributed by atoms with Crippen LogP contribution in [0.25, 0.3) is 0 Å². The molecule has 1 aromatic rings. The van der Waals surface area contributed by atoms with E-state index in [1.54, 1.807) is 0 Å². The molecule has 14 heavy (non-hydrogen) atoms. The van der Waals surface area contributed by atoms with Gasteiger partial charge in [-0.05, 0) is 17.5 Å². The molecule has 0 radical (unpaired) electrons. The van der Waals surface area contributed by atoms with Crippen LogP contribution in [-0.4, -0.2) is 12.3 Å². The molecule has 1 heterocycles. The normalized spacial score (nSPS) is 15.2. The molecule has 1 aromatic carbocycles. The number of anilines is 1. The summed E-state index contributed by atoms with van der Waals surface area (Å²) < 4.78 is 0. The van der Waals surface area contributed by atoms with Crippen LogP contribution in [0.1, 0.15) is 42.1 Å². The third-order valence-electron chi connectivity index (χ3n) is 2.67. The summed E-state index contributed by atoms with van der Waals surface area (Å²) in [4.78, 5) is 11.8. The summed E-state index contributed by atoms with van der Waals surface area (Å²) in [7, 11) is 0. The Morgan fingerprint density at radius 2 is 2.14 bits per heavy atom. The molecule has 0 saturated heterocycles. The lowest BCUT2D eigenvalue weighted by Crippen LogP contribution is -2.19. The minimum atomic E-state index is 0.281. The molecule has 2 rings (SSSR count). The predicted molar refractivity (Wildman–Crippen MR) is 58.0 cm³/mol. The molecule has 74 valence electrons. The highest BCUT2D eigenvalue weighted by Crippen LogP contribution is 2.29. The van der Waals surface area contributed by atoms with Crippen LogP contribution in [-0.2, 0) is 0 Å². The lowest BCUT2D eigenvalue weighted by atomic mass is 9.90. The van der Waals surface area contributed by atoms with Gasteiger partial charge in [-0.25, -0.2) is 0 Å². The maximum atomic E-state index is 11.8. The minimum absolute atomic E-state index is 0.281. The lowest BCUT2D eigenvalue weighted by molar-refractivity contribution is 0.0982. The van der Waals surface area contributed by atoms with Crippen LogP contribution in [0.5, 0.6) is 0 Å². The Hall–Kier alpha value is -1.31. The van der Waals surface area contributed by atoms with Crippen molar-refractivity contribution in [2.75, 3.05) is 11.9 Å². The van der Waals surface area contributed by atoms with Gasteiger partial charge in [-0.2, -0.15) is 0 Å². The Bertz CT molecular complexity index is 369. The van der Waals surface area contributed by atoms with E-state index in [1.165, 1.54) is 5.56 Å². The fraction of sp³-hybridized carbons (Fsp3) is 0.417. The van der Waals surface area contributed by atoms with Gasteiger partial charge in [-0.1, -0.05) is 26.0 Å². The van der Waals surface area contributed by atoms with Crippen molar-refractivity contribution in [1.82, 2.24) is 0 Å². The summed E-state index contributed by atoms with van der Waals surface area (Å²) in [5.41, 5.74) is 3.08. The Morgan fingerprint density at radius 3 is 2.86 bits per heavy atom. The second-order valence-corrected chi connectivity index (χ2v) is 4.02. The zero-order valence-corrected chi connectivity index (χ0v) is 8.63. The number of benzene rings is 1. The molecule has 2 nitrogen and oxygen atoms in total. The molecule has 0 spiro atoms. The highest BCUT2D eigenvalue weighted by atomic mass is 16.1. The molecule has 0 bridgehead atoms. The minimum Gasteiger partial charge on any atom is -0.384 e. The molecule has 0 aromatic heterocycles. The van der Waals surface area contributed by atoms with Gasteiger partial charge in [0.05, 0.1) is 0 Å². The largest absolute Gasteiger partial charge is 0.384 e. The average Bonchev–Trinajstić information content (AvgIpc) is 2.17. The van der Waals surface area contributed by atoms with Gasteiger partial charge in [0.2, 0.25) is 0 Å². The van der Waals surface area contributed by atoms with Gasteiger partial charge < -0.3 is 5.32 Å². The molecule has 1 aliphatic rings. The molecule has 0 aliphatic carbocycles. The van der Waals surface area contributed by atoms with Crippen molar-refractivity contribution in [3.8, 4) is 0 Å². The molecule has 0 unspecified atom stereocenters. The van der Waals surface area contributed by atoms with Gasteiger partial charge in [-0.15, -0.1) is 0 Å². The summed E-state index contributed by atoms with van der Waals surface area (Å²) in [5, 5.41) is 3.27. The number of ketones is 1. The predicted octanol–water partition coefficient (Wildman–Crippen LogP) is 2.81. The summed E-state index contributed by atoms with van der Waals surface area (Å²) >= 11 is 0. The summed E-state index contributed by atoms with van der Waals surface area (Å²) in [6.07, 6.45) is 0.622. The van der Waals surface area contributed by atoms with E-state index in [2.05, 4.69) is 25.2 Å². The topological polar surface area (TPSA) is 29.1 Å². The van der Waals surface area contributed by atoms with Crippen LogP contribution >= 0.6 is 0 Å². The number of hydrogen-bond acceptors (Lipinski definition) is 2. The number of nitrogens with one attached hydrogen (secondary N) is 1. The third kappa shape index (κ3) is 1.41. The number of rotatable bonds is 1. The Balaban J connectivity index is 2.57. The van der Waals surface area contributed by atoms with Crippen molar-refractivity contribution in [1.29, 1.82) is 0 Å². The fourth-order valence-corrected chi connectivity index (χ4v) is 1.95. The van der Waals surface area contributed by atoms with Gasteiger partial charge in [0.1, 0.15) is 0 Å². The Morgan fingerprint density at radius 1 is 1.36 bits per heavy atom. The molecule has 0 fully saturated rings. The molecule has 0 saturated carbocycles. The maximum absolute atomic E-state index is 11.8. The van der Waals surface area contributed by atoms with Crippen LogP contribution in [0.4, 0.5) is 5.69 Å². The number of hydrogen-bond donors (Lipinski definition) is 1. The first-order valence-electron chi connectivity index (χ1n) is 5.10. The van der Waals surface area contributed by atoms with Crippen molar-refractivity contribution in [2.24, 2.45) is 0 Å². The zero-order chi connectivity index (χ0) is 10.1. The lowest BCUT2D eigenvalue weighted by Gasteiger charge is -2.21. The SMILES string of the molecule is CC(C)c1cccc2c1C(=O)CCN2. The highest BCUT2D eigenvalue weighted by molar-refractivity contribution is 6.04. The van der Waals surface area contributed by atoms with Crippen LogP contribution in [0.15, 0.2) is 18.2 Å². The quantitative estimate of drug-likeness (QED) is 0.736. The molecular weight excluding hydrogens is 174 g/mol. The summed E-state index contributed by atoms with van der Waals surface area (Å²) in [5.74, 6) is 0.692. The molecular formula is C12H15NO. The maximum Gasteiger partial charge on any atom is 0.166 e. The second kappa shape index (κ2) is 3.45. The summed E-state index contributed by atoms with van der Waals surface area (Å²) in [6.45, 7) is 5.02. The van der Waals surface area contributed by atoms with Gasteiger partial charge >= 0.3 is 0 Å². The number of carbonyl (C=O) groups is 1. The highest BCUT2D eigenvalue weighted by Gasteiger charge is 2.20. The van der Waals surface area contributed by atoms with Crippen molar-refractivity contribution >= 4 is 11.5 Å². The smallest absolute Gasteiger partial charge is 0.166 e. The van der Waals surface area contributed by atoms with E-state index in [0.29, 0.717) is 12.3 Å². The molecule has 1 N–H and O–H groups in total. The van der Waals surface area contributed by atoms with E-state index < -0.39 is 0 Å². The standard InChI is InChI=1S/C12H15NO/c1-8(2)9-4-3-5-10-12(9)11(14)6-7-13-10/h3-5,8,13H,6-7H2,1-2H3. The molecule has 2 heteroatoms. The van der Waals surface area contributed by atoms with E-state index in [1.807, 2.05) is 12.1 Å². The van der Waals surface area contributed by atoms with Gasteiger partial charge in [0.15, 0.2) is 5.78 Å². The van der Waals surface area contributed by atoms with E-state index >= 15 is 0 Å². The van der Waals surface area contributed by atoms with E-state index in [-0.39, 0.29) is 5.78 Å². The zero-order valence-electron chi connectivity index (χ0n) is 8.63. The first-order chi connectivity index (χ1) is 6.70. The van der Waals surface area contributed by atoms with E-state index in [9.17, 15) is 4.79 Å². The van der Waals surface area contributed by atoms with Gasteiger partial charge in [0, 0.05) is 24.2 Å². The van der Waals surface area contributed by atoms with Gasteiger partial charge in [-0.3, -0.25) is 4.79 Å². The number of fused-ring (bicyclic) bond motifs is 1. The first-order valence-corrected chi connectivity index (χ1v) is 5.10. The average molecular weight is 189 g/mol. The fourth-order valence-electron chi connectivity index (χ4n) is 1.95. The molecule has 0 atom stereocenters. The van der Waals surface area contributed by atoms with Crippen molar-refractivity contribution < 1.29 is 4.79 Å². The Kier molecular flexibility index (Phi) is 2.28. The van der Waals surface area contributed by atoms with Crippen LogP contribution in [0.3, 0.4) is 0 Å². The van der Waals surface area contributed by atoms with Crippen molar-refractivity contribution in [3.63, 3.8) is 0 Å². The van der Waals surface area contributed by atoms with Crippen molar-refractivity contribution in [3.05, 3.63) is 29.3 Å². The van der Waals surface area contributed by atoms with Crippen molar-refractivity contribution in [2.45, 2.75) is 26.2 Å². The van der Waals surface area contributed by atoms with E-state index in [4.69, 9.17) is 0 Å². The van der Waals surface area contributed by atoms with Crippen LogP contribution in [0, 0.1) is 0 Å².